The van der Waals surface area contributed by atoms with Crippen LogP contribution in [0.25, 0.3) is 0 Å². The van der Waals surface area contributed by atoms with Gasteiger partial charge in [-0.25, -0.2) is 4.99 Å². The Bertz CT molecular complexity index is 414. The number of nitrogens with two attached hydrogens (primary N) is 2. The lowest BCUT2D eigenvalue weighted by molar-refractivity contribution is 0.199. The summed E-state index contributed by atoms with van der Waals surface area (Å²) in [5, 5.41) is 12.4. The number of aliphatic hydroxyl groups excluding tert-OH is 1. The van der Waals surface area contributed by atoms with E-state index in [1.54, 1.807) is 6.92 Å². The molecule has 5 heteroatoms. The van der Waals surface area contributed by atoms with Gasteiger partial charge in [0.15, 0.2) is 0 Å². The molecule has 1 aromatic rings. The van der Waals surface area contributed by atoms with Gasteiger partial charge in [0.1, 0.15) is 12.0 Å². The minimum absolute atomic E-state index is 0.368. The van der Waals surface area contributed by atoms with E-state index in [9.17, 15) is 5.11 Å². The molecule has 0 aromatic heterocycles. The molecule has 0 amide bonds. The van der Waals surface area contributed by atoms with Crippen molar-refractivity contribution in [2.75, 3.05) is 5.32 Å². The minimum atomic E-state index is -0.503. The summed E-state index contributed by atoms with van der Waals surface area (Å²) >= 11 is 0. The number of nitrogens with one attached hydrogen (secondary N) is 1. The van der Waals surface area contributed by atoms with Crippen molar-refractivity contribution >= 4 is 17.2 Å². The van der Waals surface area contributed by atoms with Crippen LogP contribution in [0.5, 0.6) is 0 Å². The summed E-state index contributed by atoms with van der Waals surface area (Å²) in [5.74, 6) is 0.368. The molecular formula is C10H14N4O. The van der Waals surface area contributed by atoms with E-state index in [2.05, 4.69) is 10.3 Å². The Morgan fingerprint density at radius 2 is 2.27 bits per heavy atom. The van der Waals surface area contributed by atoms with Gasteiger partial charge in [-0.2, -0.15) is 0 Å². The van der Waals surface area contributed by atoms with Crippen LogP contribution in [0, 0.1) is 0 Å². The fourth-order valence-electron chi connectivity index (χ4n) is 1.48. The highest BCUT2D eigenvalue weighted by atomic mass is 16.3. The number of anilines is 1. The predicted octanol–water partition coefficient (Wildman–Crippen LogP) is 0.439. The van der Waals surface area contributed by atoms with Crippen molar-refractivity contribution in [3.63, 3.8) is 0 Å². The Balaban J connectivity index is 2.43. The molecule has 1 heterocycles. The maximum Gasteiger partial charge on any atom is 0.137 e. The molecule has 0 saturated heterocycles. The summed E-state index contributed by atoms with van der Waals surface area (Å²) in [6.07, 6.45) is -0.960. The second-order valence-corrected chi connectivity index (χ2v) is 3.61. The number of fused-ring (bicyclic) bond motifs is 1. The van der Waals surface area contributed by atoms with Crippen molar-refractivity contribution < 1.29 is 5.11 Å². The Labute approximate surface area is 87.8 Å². The third-order valence-electron chi connectivity index (χ3n) is 2.38. The van der Waals surface area contributed by atoms with Gasteiger partial charge >= 0.3 is 0 Å². The molecule has 1 aliphatic rings. The van der Waals surface area contributed by atoms with Gasteiger partial charge in [0.25, 0.3) is 0 Å². The number of nitrogens with zero attached hydrogens (tertiary/aromatic N) is 1. The van der Waals surface area contributed by atoms with Crippen LogP contribution in [-0.4, -0.2) is 17.1 Å². The third-order valence-corrected chi connectivity index (χ3v) is 2.38. The van der Waals surface area contributed by atoms with Crippen LogP contribution in [0.15, 0.2) is 23.2 Å². The zero-order chi connectivity index (χ0) is 11.0. The Hall–Kier alpha value is -1.59. The zero-order valence-electron chi connectivity index (χ0n) is 8.44. The van der Waals surface area contributed by atoms with E-state index in [1.165, 1.54) is 0 Å². The van der Waals surface area contributed by atoms with Crippen molar-refractivity contribution in [1.29, 1.82) is 0 Å². The summed E-state index contributed by atoms with van der Waals surface area (Å²) in [4.78, 5) is 4.15. The van der Waals surface area contributed by atoms with Gasteiger partial charge in [-0.1, -0.05) is 6.07 Å². The van der Waals surface area contributed by atoms with E-state index in [4.69, 9.17) is 11.5 Å². The molecule has 0 bridgehead atoms. The van der Waals surface area contributed by atoms with Crippen LogP contribution < -0.4 is 16.8 Å². The minimum Gasteiger partial charge on any atom is -0.389 e. The molecule has 6 N–H and O–H groups in total. The van der Waals surface area contributed by atoms with Crippen LogP contribution in [0.2, 0.25) is 0 Å². The molecule has 0 radical (unpaired) electrons. The zero-order valence-corrected chi connectivity index (χ0v) is 8.44. The van der Waals surface area contributed by atoms with Crippen molar-refractivity contribution in [1.82, 2.24) is 0 Å². The lowest BCUT2D eigenvalue weighted by atomic mass is 10.1. The predicted molar refractivity (Wildman–Crippen MR) is 60.0 cm³/mol. The van der Waals surface area contributed by atoms with E-state index in [0.29, 0.717) is 5.84 Å². The van der Waals surface area contributed by atoms with Gasteiger partial charge < -0.3 is 21.9 Å². The number of amidine groups is 1. The van der Waals surface area contributed by atoms with E-state index < -0.39 is 12.3 Å². The summed E-state index contributed by atoms with van der Waals surface area (Å²) in [7, 11) is 0. The van der Waals surface area contributed by atoms with Gasteiger partial charge in [0, 0.05) is 0 Å². The van der Waals surface area contributed by atoms with Gasteiger partial charge in [-0.05, 0) is 24.6 Å². The smallest absolute Gasteiger partial charge is 0.137 e. The molecule has 2 atom stereocenters. The first-order valence-corrected chi connectivity index (χ1v) is 4.76. The molecule has 0 saturated carbocycles. The quantitative estimate of drug-likeness (QED) is 0.536. The Morgan fingerprint density at radius 3 is 2.93 bits per heavy atom. The average Bonchev–Trinajstić information content (AvgIpc) is 2.19. The SMILES string of the molecule is CC(O)c1ccc2c(c1)NC(N)C(N)=N2. The largest absolute Gasteiger partial charge is 0.389 e. The van der Waals surface area contributed by atoms with Crippen LogP contribution >= 0.6 is 0 Å². The summed E-state index contributed by atoms with van der Waals surface area (Å²) in [5.41, 5.74) is 13.7. The second-order valence-electron chi connectivity index (χ2n) is 3.61. The number of benzene rings is 1. The van der Waals surface area contributed by atoms with E-state index in [1.807, 2.05) is 18.2 Å². The highest BCUT2D eigenvalue weighted by Crippen LogP contribution is 2.31. The highest BCUT2D eigenvalue weighted by molar-refractivity contribution is 5.95. The summed E-state index contributed by atoms with van der Waals surface area (Å²) < 4.78 is 0. The van der Waals surface area contributed by atoms with Crippen molar-refractivity contribution in [2.45, 2.75) is 19.2 Å². The normalized spacial score (nSPS) is 21.3. The molecule has 0 fully saturated rings. The van der Waals surface area contributed by atoms with E-state index in [0.717, 1.165) is 16.9 Å². The lowest BCUT2D eigenvalue weighted by Crippen LogP contribution is -2.44. The molecule has 0 aliphatic carbocycles. The van der Waals surface area contributed by atoms with Crippen molar-refractivity contribution in [3.05, 3.63) is 23.8 Å². The first-order chi connectivity index (χ1) is 7.08. The van der Waals surface area contributed by atoms with Gasteiger partial charge in [0.05, 0.1) is 17.5 Å². The lowest BCUT2D eigenvalue weighted by Gasteiger charge is -2.22. The Morgan fingerprint density at radius 1 is 1.53 bits per heavy atom. The molecular weight excluding hydrogens is 192 g/mol. The average molecular weight is 206 g/mol. The monoisotopic (exact) mass is 206 g/mol. The molecule has 5 nitrogen and oxygen atoms in total. The van der Waals surface area contributed by atoms with Crippen LogP contribution in [-0.2, 0) is 0 Å². The number of hydrogen-bond acceptors (Lipinski definition) is 5. The van der Waals surface area contributed by atoms with Gasteiger partial charge in [-0.3, -0.25) is 0 Å². The molecule has 80 valence electrons. The molecule has 1 aromatic carbocycles. The molecule has 1 aliphatic heterocycles. The van der Waals surface area contributed by atoms with Gasteiger partial charge in [-0.15, -0.1) is 0 Å². The second kappa shape index (κ2) is 3.52. The first kappa shape index (κ1) is 9.95. The van der Waals surface area contributed by atoms with Crippen LogP contribution in [0.3, 0.4) is 0 Å². The van der Waals surface area contributed by atoms with E-state index in [-0.39, 0.29) is 0 Å². The van der Waals surface area contributed by atoms with Gasteiger partial charge in [0.2, 0.25) is 0 Å². The summed E-state index contributed by atoms with van der Waals surface area (Å²) in [6, 6.07) is 5.46. The van der Waals surface area contributed by atoms with Crippen molar-refractivity contribution in [3.8, 4) is 0 Å². The number of hydrogen-bond donors (Lipinski definition) is 4. The standard InChI is InChI=1S/C10H14N4O/c1-5(15)6-2-3-7-8(4-6)14-10(12)9(11)13-7/h2-5,10,14-15H,12H2,1H3,(H2,11,13). The van der Waals surface area contributed by atoms with Crippen LogP contribution in [0.1, 0.15) is 18.6 Å². The topological polar surface area (TPSA) is 96.7 Å². The van der Waals surface area contributed by atoms with Crippen molar-refractivity contribution in [2.24, 2.45) is 16.5 Å². The number of aliphatic imine (C=N–C) groups is 1. The third kappa shape index (κ3) is 1.79. The Kier molecular flexibility index (Phi) is 2.34. The first-order valence-electron chi connectivity index (χ1n) is 4.76. The number of aliphatic hydroxyl groups is 1. The maximum atomic E-state index is 9.42. The molecule has 2 rings (SSSR count). The van der Waals surface area contributed by atoms with E-state index >= 15 is 0 Å². The molecule has 15 heavy (non-hydrogen) atoms. The maximum absolute atomic E-state index is 9.42. The fraction of sp³-hybridized carbons (Fsp3) is 0.300. The highest BCUT2D eigenvalue weighted by Gasteiger charge is 2.17. The van der Waals surface area contributed by atoms with Crippen LogP contribution in [0.4, 0.5) is 11.4 Å². The number of rotatable bonds is 1. The summed E-state index contributed by atoms with van der Waals surface area (Å²) in [6.45, 7) is 1.71. The molecule has 0 spiro atoms. The molecule has 2 unspecified atom stereocenters. The fourth-order valence-corrected chi connectivity index (χ4v) is 1.48.